The summed E-state index contributed by atoms with van der Waals surface area (Å²) in [6.07, 6.45) is -2.77. The minimum atomic E-state index is -4.67. The van der Waals surface area contributed by atoms with Gasteiger partial charge in [0, 0.05) is 37.4 Å². The van der Waals surface area contributed by atoms with Gasteiger partial charge in [-0.3, -0.25) is 14.2 Å². The lowest BCUT2D eigenvalue weighted by Gasteiger charge is -2.41. The van der Waals surface area contributed by atoms with E-state index >= 15 is 0 Å². The lowest BCUT2D eigenvalue weighted by Crippen LogP contribution is -2.55. The molecule has 1 aromatic carbocycles. The van der Waals surface area contributed by atoms with Gasteiger partial charge in [0.25, 0.3) is 5.91 Å². The lowest BCUT2D eigenvalue weighted by molar-refractivity contribution is -0.137. The Kier molecular flexibility index (Phi) is 8.87. The molecule has 0 spiro atoms. The van der Waals surface area contributed by atoms with E-state index in [0.29, 0.717) is 31.6 Å². The molecule has 0 N–H and O–H groups in total. The Morgan fingerprint density at radius 1 is 1.07 bits per heavy atom. The van der Waals surface area contributed by atoms with E-state index in [0.717, 1.165) is 36.7 Å². The maximum Gasteiger partial charge on any atom is 0.416 e. The highest BCUT2D eigenvalue weighted by atomic mass is 19.4. The number of hydrogen-bond donors (Lipinski definition) is 0. The molecule has 0 unspecified atom stereocenters. The van der Waals surface area contributed by atoms with Crippen molar-refractivity contribution in [1.82, 2.24) is 14.3 Å². The Hall–Kier alpha value is -3.28. The van der Waals surface area contributed by atoms with Crippen LogP contribution < -0.4 is 10.2 Å². The maximum absolute atomic E-state index is 13.7. The van der Waals surface area contributed by atoms with Crippen molar-refractivity contribution >= 4 is 12.0 Å². The highest BCUT2D eigenvalue weighted by Gasteiger charge is 2.37. The normalized spacial score (nSPS) is 20.0. The Bertz CT molecular complexity index is 1380. The van der Waals surface area contributed by atoms with Crippen LogP contribution in [0.4, 0.5) is 18.0 Å². The van der Waals surface area contributed by atoms with Crippen molar-refractivity contribution in [2.75, 3.05) is 19.8 Å². The first-order valence-electron chi connectivity index (χ1n) is 14.3. The second-order valence-corrected chi connectivity index (χ2v) is 12.9. The van der Waals surface area contributed by atoms with E-state index in [4.69, 9.17) is 14.2 Å². The SMILES string of the molecule is Cn1c(C(C)(C)C)c/c(=N\C(=O)c2cc(C(F)(F)F)ccc2OC[C@@H]2CCN2C(=O)OC(C)(C)C)n1C[C@H]1CCCO1. The van der Waals surface area contributed by atoms with Crippen molar-refractivity contribution in [1.29, 1.82) is 0 Å². The van der Waals surface area contributed by atoms with E-state index in [-0.39, 0.29) is 35.5 Å². The molecule has 2 aliphatic rings. The van der Waals surface area contributed by atoms with E-state index in [1.807, 2.05) is 37.2 Å². The minimum Gasteiger partial charge on any atom is -0.491 e. The fourth-order valence-electron chi connectivity index (χ4n) is 5.09. The summed E-state index contributed by atoms with van der Waals surface area (Å²) in [6, 6.07) is 4.23. The molecular weight excluding hydrogens is 553 g/mol. The molecule has 2 atom stereocenters. The smallest absolute Gasteiger partial charge is 0.416 e. The van der Waals surface area contributed by atoms with Crippen molar-refractivity contribution in [3.63, 3.8) is 0 Å². The molecular formula is C30H41F3N4O5. The highest BCUT2D eigenvalue weighted by Crippen LogP contribution is 2.33. The van der Waals surface area contributed by atoms with Crippen molar-refractivity contribution in [2.24, 2.45) is 12.0 Å². The summed E-state index contributed by atoms with van der Waals surface area (Å²) in [5.74, 6) is -0.897. The molecule has 2 fully saturated rings. The Morgan fingerprint density at radius 2 is 1.79 bits per heavy atom. The van der Waals surface area contributed by atoms with Crippen LogP contribution in [0, 0.1) is 0 Å². The van der Waals surface area contributed by atoms with Crippen LogP contribution in [0.5, 0.6) is 5.75 Å². The zero-order valence-corrected chi connectivity index (χ0v) is 25.4. The predicted molar refractivity (Wildman–Crippen MR) is 149 cm³/mol. The molecule has 1 aromatic heterocycles. The first-order valence-corrected chi connectivity index (χ1v) is 14.3. The van der Waals surface area contributed by atoms with Crippen LogP contribution in [0.1, 0.15) is 82.4 Å². The summed E-state index contributed by atoms with van der Waals surface area (Å²) in [7, 11) is 1.87. The quantitative estimate of drug-likeness (QED) is 0.444. The number of likely N-dealkylation sites (tertiary alicyclic amines) is 1. The van der Waals surface area contributed by atoms with Gasteiger partial charge in [0.15, 0.2) is 5.49 Å². The number of carbonyl (C=O) groups excluding carboxylic acids is 2. The van der Waals surface area contributed by atoms with Gasteiger partial charge in [-0.05, 0) is 58.2 Å². The van der Waals surface area contributed by atoms with Gasteiger partial charge in [-0.15, -0.1) is 0 Å². The topological polar surface area (TPSA) is 87.3 Å². The highest BCUT2D eigenvalue weighted by molar-refractivity contribution is 5.97. The molecule has 0 aliphatic carbocycles. The zero-order valence-electron chi connectivity index (χ0n) is 25.4. The number of halogens is 3. The van der Waals surface area contributed by atoms with E-state index in [1.54, 1.807) is 26.8 Å². The van der Waals surface area contributed by atoms with Crippen LogP contribution >= 0.6 is 0 Å². The maximum atomic E-state index is 13.7. The Balaban J connectivity index is 1.66. The average molecular weight is 595 g/mol. The van der Waals surface area contributed by atoms with Crippen LogP contribution in [0.3, 0.4) is 0 Å². The molecule has 2 aliphatic heterocycles. The number of aromatic nitrogens is 2. The summed E-state index contributed by atoms with van der Waals surface area (Å²) in [4.78, 5) is 31.9. The summed E-state index contributed by atoms with van der Waals surface area (Å²) in [5.41, 5.74) is -1.02. The van der Waals surface area contributed by atoms with Gasteiger partial charge in [-0.25, -0.2) is 4.79 Å². The lowest BCUT2D eigenvalue weighted by atomic mass is 9.92. The van der Waals surface area contributed by atoms with Crippen molar-refractivity contribution in [3.8, 4) is 5.75 Å². The molecule has 2 aromatic rings. The molecule has 0 saturated carbocycles. The molecule has 4 rings (SSSR count). The fourth-order valence-corrected chi connectivity index (χ4v) is 5.09. The molecule has 3 heterocycles. The van der Waals surface area contributed by atoms with Crippen LogP contribution in [-0.4, -0.2) is 63.8 Å². The molecule has 42 heavy (non-hydrogen) atoms. The Morgan fingerprint density at radius 3 is 2.33 bits per heavy atom. The summed E-state index contributed by atoms with van der Waals surface area (Å²) in [6.45, 7) is 13.0. The van der Waals surface area contributed by atoms with Crippen molar-refractivity contribution in [2.45, 2.75) is 96.7 Å². The fraction of sp³-hybridized carbons (Fsp3) is 0.633. The second-order valence-electron chi connectivity index (χ2n) is 12.9. The second kappa shape index (κ2) is 11.8. The van der Waals surface area contributed by atoms with E-state index in [9.17, 15) is 22.8 Å². The number of carbonyl (C=O) groups is 2. The van der Waals surface area contributed by atoms with Crippen molar-refractivity contribution < 1.29 is 37.0 Å². The van der Waals surface area contributed by atoms with E-state index in [1.165, 1.54) is 4.90 Å². The predicted octanol–water partition coefficient (Wildman–Crippen LogP) is 5.45. The number of benzene rings is 1. The number of ether oxygens (including phenoxy) is 3. The van der Waals surface area contributed by atoms with Crippen LogP contribution in [0.15, 0.2) is 29.3 Å². The number of nitrogens with zero attached hydrogens (tertiary/aromatic N) is 4. The molecule has 2 saturated heterocycles. The van der Waals surface area contributed by atoms with E-state index in [2.05, 4.69) is 4.99 Å². The molecule has 0 bridgehead atoms. The van der Waals surface area contributed by atoms with Gasteiger partial charge >= 0.3 is 12.3 Å². The number of alkyl halides is 3. The monoisotopic (exact) mass is 594 g/mol. The molecule has 9 nitrogen and oxygen atoms in total. The third-order valence-electron chi connectivity index (χ3n) is 7.37. The standard InChI is InChI=1S/C30H41F3N4O5/c1-28(2,3)24-16-25(37(35(24)7)17-21-9-8-14-40-21)34-26(38)22-15-19(30(31,32)33)10-11-23(22)41-18-20-12-13-36(20)27(39)42-29(4,5)6/h10-11,15-16,20-21H,8-9,12-14,17-18H2,1-7H3/b34-25+/t20-,21+/m0/s1. The van der Waals surface area contributed by atoms with Crippen LogP contribution in [0.2, 0.25) is 0 Å². The summed E-state index contributed by atoms with van der Waals surface area (Å²) < 4.78 is 61.8. The first kappa shape index (κ1) is 31.7. The van der Waals surface area contributed by atoms with E-state index < -0.39 is 29.3 Å². The number of hydrogen-bond acceptors (Lipinski definition) is 5. The van der Waals surface area contributed by atoms with Gasteiger partial charge < -0.3 is 19.1 Å². The molecule has 0 radical (unpaired) electrons. The van der Waals surface area contributed by atoms with Gasteiger partial charge in [0.05, 0.1) is 29.8 Å². The third-order valence-corrected chi connectivity index (χ3v) is 7.37. The molecule has 12 heteroatoms. The van der Waals surface area contributed by atoms with Crippen molar-refractivity contribution in [3.05, 3.63) is 46.6 Å². The van der Waals surface area contributed by atoms with Crippen LogP contribution in [0.25, 0.3) is 0 Å². The van der Waals surface area contributed by atoms with Gasteiger partial charge in [0.1, 0.15) is 18.0 Å². The van der Waals surface area contributed by atoms with Gasteiger partial charge in [-0.1, -0.05) is 20.8 Å². The minimum absolute atomic E-state index is 0.0105. The number of amides is 2. The Labute approximate surface area is 244 Å². The molecule has 2 amide bonds. The number of rotatable bonds is 6. The van der Waals surface area contributed by atoms with Gasteiger partial charge in [0.2, 0.25) is 0 Å². The zero-order chi connectivity index (χ0) is 31.0. The average Bonchev–Trinajstić information content (AvgIpc) is 3.45. The third kappa shape index (κ3) is 7.37. The summed E-state index contributed by atoms with van der Waals surface area (Å²) >= 11 is 0. The van der Waals surface area contributed by atoms with Crippen LogP contribution in [-0.2, 0) is 34.7 Å². The first-order chi connectivity index (χ1) is 19.4. The molecule has 232 valence electrons. The summed E-state index contributed by atoms with van der Waals surface area (Å²) in [5, 5.41) is 0. The largest absolute Gasteiger partial charge is 0.491 e. The van der Waals surface area contributed by atoms with Gasteiger partial charge in [-0.2, -0.15) is 18.2 Å².